The molecular formula is C19H26O3. The normalized spacial score (nSPS) is 25.7. The Labute approximate surface area is 133 Å². The van der Waals surface area contributed by atoms with Gasteiger partial charge in [0, 0.05) is 17.4 Å². The quantitative estimate of drug-likeness (QED) is 0.719. The van der Waals surface area contributed by atoms with Crippen molar-refractivity contribution in [3.05, 3.63) is 46.0 Å². The van der Waals surface area contributed by atoms with Crippen molar-refractivity contribution in [2.75, 3.05) is 7.11 Å². The summed E-state index contributed by atoms with van der Waals surface area (Å²) in [4.78, 5) is 12.2. The number of ether oxygens (including phenoxy) is 2. The zero-order valence-electron chi connectivity index (χ0n) is 14.7. The van der Waals surface area contributed by atoms with Crippen LogP contribution in [0.5, 0.6) is 0 Å². The Morgan fingerprint density at radius 2 is 2.00 bits per heavy atom. The lowest BCUT2D eigenvalue weighted by atomic mass is 9.67. The van der Waals surface area contributed by atoms with Gasteiger partial charge in [-0.3, -0.25) is 4.79 Å². The van der Waals surface area contributed by atoms with E-state index in [1.807, 2.05) is 27.7 Å². The van der Waals surface area contributed by atoms with Crippen molar-refractivity contribution in [3.8, 4) is 0 Å². The Morgan fingerprint density at radius 3 is 2.55 bits per heavy atom. The smallest absolute Gasteiger partial charge is 0.157 e. The zero-order valence-corrected chi connectivity index (χ0v) is 14.7. The molecule has 0 saturated heterocycles. The van der Waals surface area contributed by atoms with E-state index in [4.69, 9.17) is 9.47 Å². The molecule has 0 N–H and O–H groups in total. The summed E-state index contributed by atoms with van der Waals surface area (Å²) in [5.74, 6) is 1.10. The van der Waals surface area contributed by atoms with Crippen LogP contribution < -0.4 is 0 Å². The minimum Gasteiger partial charge on any atom is -0.504 e. The average molecular weight is 302 g/mol. The molecule has 0 spiro atoms. The fourth-order valence-electron chi connectivity index (χ4n) is 3.94. The van der Waals surface area contributed by atoms with Gasteiger partial charge in [-0.05, 0) is 63.0 Å². The van der Waals surface area contributed by atoms with Gasteiger partial charge < -0.3 is 9.47 Å². The highest BCUT2D eigenvalue weighted by Gasteiger charge is 2.47. The van der Waals surface area contributed by atoms with Crippen LogP contribution in [0.25, 0.3) is 0 Å². The van der Waals surface area contributed by atoms with E-state index in [-0.39, 0.29) is 17.3 Å². The minimum atomic E-state index is -0.330. The van der Waals surface area contributed by atoms with E-state index >= 15 is 0 Å². The summed E-state index contributed by atoms with van der Waals surface area (Å²) in [6.07, 6.45) is 4.06. The molecule has 0 saturated carbocycles. The highest BCUT2D eigenvalue weighted by Crippen LogP contribution is 2.56. The highest BCUT2D eigenvalue weighted by atomic mass is 16.5. The standard InChI is InChI=1S/C19H26O3/c1-11(2)22-18-14(5)16(13(4)10-21-7)19(6)9-15(20)8-12(3)17(18)19/h8,10-11H,9H2,1-7H3/t19-/m1/s1. The lowest BCUT2D eigenvalue weighted by Gasteiger charge is -2.34. The summed E-state index contributed by atoms with van der Waals surface area (Å²) in [7, 11) is 1.65. The Morgan fingerprint density at radius 1 is 1.36 bits per heavy atom. The number of fused-ring (bicyclic) bond motifs is 1. The number of methoxy groups -OCH3 is 1. The maximum atomic E-state index is 12.2. The minimum absolute atomic E-state index is 0.0955. The molecule has 0 aromatic rings. The summed E-state index contributed by atoms with van der Waals surface area (Å²) < 4.78 is 11.3. The molecule has 0 aromatic carbocycles. The first-order valence-electron chi connectivity index (χ1n) is 7.77. The molecule has 2 aliphatic carbocycles. The Kier molecular flexibility index (Phi) is 4.37. The van der Waals surface area contributed by atoms with E-state index in [1.54, 1.807) is 19.4 Å². The van der Waals surface area contributed by atoms with E-state index in [0.29, 0.717) is 6.42 Å². The van der Waals surface area contributed by atoms with Gasteiger partial charge >= 0.3 is 0 Å². The van der Waals surface area contributed by atoms with Crippen LogP contribution in [-0.4, -0.2) is 19.0 Å². The van der Waals surface area contributed by atoms with E-state index in [2.05, 4.69) is 13.8 Å². The lowest BCUT2D eigenvalue weighted by molar-refractivity contribution is -0.116. The van der Waals surface area contributed by atoms with Crippen molar-refractivity contribution < 1.29 is 14.3 Å². The first kappa shape index (κ1) is 16.6. The zero-order chi connectivity index (χ0) is 16.7. The second kappa shape index (κ2) is 5.79. The third-order valence-corrected chi connectivity index (χ3v) is 4.39. The molecule has 120 valence electrons. The van der Waals surface area contributed by atoms with Crippen LogP contribution in [0.4, 0.5) is 0 Å². The number of carbonyl (C=O) groups excluding carboxylic acids is 1. The molecule has 2 rings (SSSR count). The van der Waals surface area contributed by atoms with Crippen molar-refractivity contribution in [1.82, 2.24) is 0 Å². The van der Waals surface area contributed by atoms with Gasteiger partial charge in [-0.25, -0.2) is 0 Å². The first-order valence-corrected chi connectivity index (χ1v) is 7.77. The van der Waals surface area contributed by atoms with Gasteiger partial charge in [0.05, 0.1) is 19.5 Å². The van der Waals surface area contributed by atoms with Gasteiger partial charge in [-0.2, -0.15) is 0 Å². The van der Waals surface area contributed by atoms with Crippen LogP contribution in [-0.2, 0) is 14.3 Å². The molecule has 0 radical (unpaired) electrons. The van der Waals surface area contributed by atoms with Crippen LogP contribution in [0.2, 0.25) is 0 Å². The third-order valence-electron chi connectivity index (χ3n) is 4.39. The Bertz CT molecular complexity index is 629. The third kappa shape index (κ3) is 2.53. The monoisotopic (exact) mass is 302 g/mol. The molecule has 1 atom stereocenters. The fourth-order valence-corrected chi connectivity index (χ4v) is 3.94. The van der Waals surface area contributed by atoms with Crippen LogP contribution >= 0.6 is 0 Å². The predicted molar refractivity (Wildman–Crippen MR) is 88.2 cm³/mol. The summed E-state index contributed by atoms with van der Waals surface area (Å²) >= 11 is 0. The van der Waals surface area contributed by atoms with E-state index in [9.17, 15) is 4.79 Å². The van der Waals surface area contributed by atoms with E-state index in [1.165, 1.54) is 0 Å². The van der Waals surface area contributed by atoms with Crippen LogP contribution in [0.3, 0.4) is 0 Å². The molecule has 0 aliphatic heterocycles. The van der Waals surface area contributed by atoms with Crippen LogP contribution in [0.15, 0.2) is 46.0 Å². The molecule has 0 heterocycles. The van der Waals surface area contributed by atoms with Crippen LogP contribution in [0.1, 0.15) is 48.0 Å². The second-order valence-electron chi connectivity index (χ2n) is 6.71. The van der Waals surface area contributed by atoms with Crippen LogP contribution in [0, 0.1) is 5.41 Å². The van der Waals surface area contributed by atoms with Gasteiger partial charge in [0.15, 0.2) is 5.78 Å². The molecule has 0 unspecified atom stereocenters. The summed E-state index contributed by atoms with van der Waals surface area (Å²) in [5, 5.41) is 0. The molecule has 3 heteroatoms. The number of ketones is 1. The number of hydrogen-bond acceptors (Lipinski definition) is 3. The van der Waals surface area contributed by atoms with Gasteiger partial charge in [0.2, 0.25) is 0 Å². The van der Waals surface area contributed by atoms with Crippen molar-refractivity contribution >= 4 is 5.78 Å². The summed E-state index contributed by atoms with van der Waals surface area (Å²) in [6.45, 7) is 12.3. The Hall–Kier alpha value is -1.77. The number of carbonyl (C=O) groups is 1. The molecular weight excluding hydrogens is 276 g/mol. The molecule has 2 aliphatic rings. The Balaban J connectivity index is 2.69. The van der Waals surface area contributed by atoms with Crippen molar-refractivity contribution in [2.45, 2.75) is 54.1 Å². The second-order valence-corrected chi connectivity index (χ2v) is 6.71. The maximum Gasteiger partial charge on any atom is 0.157 e. The van der Waals surface area contributed by atoms with Gasteiger partial charge in [-0.15, -0.1) is 0 Å². The van der Waals surface area contributed by atoms with Gasteiger partial charge in [0.1, 0.15) is 5.76 Å². The largest absolute Gasteiger partial charge is 0.504 e. The van der Waals surface area contributed by atoms with Crippen molar-refractivity contribution in [1.29, 1.82) is 0 Å². The van der Waals surface area contributed by atoms with Crippen molar-refractivity contribution in [3.63, 3.8) is 0 Å². The SMILES string of the molecule is COC=C(C)C1=C(C)C(OC(C)C)=C2C(C)=CC(=O)C[C@]12C. The topological polar surface area (TPSA) is 35.5 Å². The summed E-state index contributed by atoms with van der Waals surface area (Å²) in [6, 6.07) is 0. The summed E-state index contributed by atoms with van der Waals surface area (Å²) in [5.41, 5.74) is 5.14. The van der Waals surface area contributed by atoms with E-state index < -0.39 is 0 Å². The van der Waals surface area contributed by atoms with Gasteiger partial charge in [-0.1, -0.05) is 6.92 Å². The molecule has 0 fully saturated rings. The number of rotatable bonds is 4. The number of allylic oxidation sites excluding steroid dienone is 6. The molecule has 22 heavy (non-hydrogen) atoms. The first-order chi connectivity index (χ1) is 10.2. The predicted octanol–water partition coefficient (Wildman–Crippen LogP) is 4.47. The molecule has 0 amide bonds. The maximum absolute atomic E-state index is 12.2. The molecule has 0 bridgehead atoms. The molecule has 3 nitrogen and oxygen atoms in total. The van der Waals surface area contributed by atoms with Gasteiger partial charge in [0.25, 0.3) is 0 Å². The average Bonchev–Trinajstić information content (AvgIpc) is 2.56. The molecule has 0 aromatic heterocycles. The number of hydrogen-bond donors (Lipinski definition) is 0. The van der Waals surface area contributed by atoms with E-state index in [0.717, 1.165) is 33.6 Å². The van der Waals surface area contributed by atoms with Crippen molar-refractivity contribution in [2.24, 2.45) is 5.41 Å². The fraction of sp³-hybridized carbons (Fsp3) is 0.526. The lowest BCUT2D eigenvalue weighted by Crippen LogP contribution is -2.28. The highest BCUT2D eigenvalue weighted by molar-refractivity contribution is 5.95.